The molecule has 0 radical (unpaired) electrons. The van der Waals surface area contributed by atoms with Crippen LogP contribution in [0.3, 0.4) is 0 Å². The second-order valence-corrected chi connectivity index (χ2v) is 5.66. The summed E-state index contributed by atoms with van der Waals surface area (Å²) in [5, 5.41) is 8.11. The van der Waals surface area contributed by atoms with Crippen molar-refractivity contribution in [3.8, 4) is 11.3 Å². The van der Waals surface area contributed by atoms with Crippen LogP contribution in [0.1, 0.15) is 5.56 Å². The number of rotatable bonds is 1. The monoisotopic (exact) mass is 370 g/mol. The van der Waals surface area contributed by atoms with E-state index in [1.807, 2.05) is 12.1 Å². The molecule has 1 aromatic heterocycles. The predicted octanol–water partition coefficient (Wildman–Crippen LogP) is 2.21. The number of hydrogen-bond acceptors (Lipinski definition) is 3. The summed E-state index contributed by atoms with van der Waals surface area (Å²) < 4.78 is 2.80. The van der Waals surface area contributed by atoms with Gasteiger partial charge in [-0.1, -0.05) is 18.2 Å². The summed E-state index contributed by atoms with van der Waals surface area (Å²) in [7, 11) is 0. The van der Waals surface area contributed by atoms with E-state index in [1.54, 1.807) is 4.68 Å². The Bertz CT molecular complexity index is 635. The molecule has 1 aliphatic rings. The lowest BCUT2D eigenvalue weighted by molar-refractivity contribution is 0.935. The van der Waals surface area contributed by atoms with E-state index in [0.717, 1.165) is 30.0 Å². The molecular formula is C12H11IN4S. The van der Waals surface area contributed by atoms with Gasteiger partial charge in [-0.25, -0.2) is 0 Å². The number of hydrogen-bond donors (Lipinski definition) is 2. The van der Waals surface area contributed by atoms with Crippen LogP contribution in [-0.4, -0.2) is 21.4 Å². The Balaban J connectivity index is 2.23. The Morgan fingerprint density at radius 3 is 2.94 bits per heavy atom. The number of benzene rings is 1. The molecule has 0 unspecified atom stereocenters. The molecule has 3 N–H and O–H groups in total. The largest absolute Gasteiger partial charge is 0.374 e. The molecule has 1 aromatic carbocycles. The minimum atomic E-state index is 0.276. The minimum absolute atomic E-state index is 0.276. The molecule has 0 bridgehead atoms. The van der Waals surface area contributed by atoms with Gasteiger partial charge >= 0.3 is 0 Å². The van der Waals surface area contributed by atoms with Crippen LogP contribution in [0, 0.1) is 3.57 Å². The molecule has 0 atom stereocenters. The molecule has 1 aliphatic heterocycles. The number of aromatic nitrogens is 2. The smallest absolute Gasteiger partial charge is 0.193 e. The van der Waals surface area contributed by atoms with Crippen LogP contribution >= 0.6 is 34.8 Å². The molecule has 2 heterocycles. The summed E-state index contributed by atoms with van der Waals surface area (Å²) in [5.41, 5.74) is 9.02. The van der Waals surface area contributed by atoms with E-state index < -0.39 is 0 Å². The van der Waals surface area contributed by atoms with E-state index in [4.69, 9.17) is 18.0 Å². The summed E-state index contributed by atoms with van der Waals surface area (Å²) in [6, 6.07) is 8.19. The first-order valence-corrected chi connectivity index (χ1v) is 7.07. The second-order valence-electron chi connectivity index (χ2n) is 4.08. The van der Waals surface area contributed by atoms with Crippen molar-refractivity contribution in [3.05, 3.63) is 33.4 Å². The third-order valence-electron chi connectivity index (χ3n) is 2.99. The summed E-state index contributed by atoms with van der Waals surface area (Å²) >= 11 is 7.36. The van der Waals surface area contributed by atoms with E-state index in [-0.39, 0.29) is 5.11 Å². The zero-order valence-corrected chi connectivity index (χ0v) is 12.5. The maximum absolute atomic E-state index is 5.71. The van der Waals surface area contributed by atoms with Crippen molar-refractivity contribution in [2.75, 3.05) is 11.9 Å². The van der Waals surface area contributed by atoms with Crippen molar-refractivity contribution in [2.24, 2.45) is 5.73 Å². The Morgan fingerprint density at radius 1 is 1.44 bits per heavy atom. The number of nitrogens with zero attached hydrogens (tertiary/aromatic N) is 2. The first-order valence-electron chi connectivity index (χ1n) is 5.59. The third kappa shape index (κ3) is 1.79. The van der Waals surface area contributed by atoms with Crippen molar-refractivity contribution < 1.29 is 0 Å². The first-order chi connectivity index (χ1) is 8.68. The van der Waals surface area contributed by atoms with Gasteiger partial charge in [0.05, 0.1) is 5.69 Å². The molecule has 92 valence electrons. The van der Waals surface area contributed by atoms with Crippen LogP contribution in [0.4, 0.5) is 5.82 Å². The molecule has 0 aliphatic carbocycles. The molecule has 0 saturated carbocycles. The average Bonchev–Trinajstić information content (AvgIpc) is 2.90. The van der Waals surface area contributed by atoms with Crippen LogP contribution in [0.2, 0.25) is 0 Å². The lowest BCUT2D eigenvalue weighted by Crippen LogP contribution is -2.22. The van der Waals surface area contributed by atoms with Crippen LogP contribution in [0.15, 0.2) is 24.3 Å². The molecule has 3 rings (SSSR count). The fraction of sp³-hybridized carbons (Fsp3) is 0.167. The van der Waals surface area contributed by atoms with Gasteiger partial charge in [0.25, 0.3) is 0 Å². The Labute approximate surface area is 124 Å². The summed E-state index contributed by atoms with van der Waals surface area (Å²) in [6.07, 6.45) is 0.957. The maximum atomic E-state index is 5.71. The number of thiocarbonyl (C=S) groups is 1. The lowest BCUT2D eigenvalue weighted by Gasteiger charge is -2.03. The van der Waals surface area contributed by atoms with Crippen molar-refractivity contribution in [1.29, 1.82) is 0 Å². The Kier molecular flexibility index (Phi) is 2.98. The highest BCUT2D eigenvalue weighted by molar-refractivity contribution is 14.1. The fourth-order valence-electron chi connectivity index (χ4n) is 2.20. The van der Waals surface area contributed by atoms with Crippen LogP contribution in [0.5, 0.6) is 0 Å². The fourth-order valence-corrected chi connectivity index (χ4v) is 2.98. The summed E-state index contributed by atoms with van der Waals surface area (Å²) in [5.74, 6) is 0.942. The van der Waals surface area contributed by atoms with Gasteiger partial charge in [0.2, 0.25) is 0 Å². The number of halogens is 1. The van der Waals surface area contributed by atoms with Crippen molar-refractivity contribution in [3.63, 3.8) is 0 Å². The maximum Gasteiger partial charge on any atom is 0.193 e. The van der Waals surface area contributed by atoms with Crippen LogP contribution in [0.25, 0.3) is 11.3 Å². The van der Waals surface area contributed by atoms with Gasteiger partial charge in [-0.3, -0.25) is 0 Å². The number of fused-ring (bicyclic) bond motifs is 1. The second kappa shape index (κ2) is 4.51. The molecule has 0 fully saturated rings. The van der Waals surface area contributed by atoms with E-state index in [9.17, 15) is 0 Å². The van der Waals surface area contributed by atoms with E-state index in [1.165, 1.54) is 9.13 Å². The number of anilines is 1. The minimum Gasteiger partial charge on any atom is -0.374 e. The number of nitrogens with two attached hydrogens (primary N) is 1. The molecule has 18 heavy (non-hydrogen) atoms. The molecule has 6 heteroatoms. The third-order valence-corrected chi connectivity index (χ3v) is 4.10. The predicted molar refractivity (Wildman–Crippen MR) is 84.8 cm³/mol. The lowest BCUT2D eigenvalue weighted by atomic mass is 10.1. The zero-order chi connectivity index (χ0) is 12.7. The van der Waals surface area contributed by atoms with Gasteiger partial charge in [0, 0.05) is 21.2 Å². The van der Waals surface area contributed by atoms with E-state index >= 15 is 0 Å². The van der Waals surface area contributed by atoms with Gasteiger partial charge in [-0.15, -0.1) is 0 Å². The average molecular weight is 370 g/mol. The normalized spacial score (nSPS) is 13.2. The highest BCUT2D eigenvalue weighted by Gasteiger charge is 2.24. The number of nitrogens with one attached hydrogen (secondary N) is 1. The molecule has 2 aromatic rings. The molecular weight excluding hydrogens is 359 g/mol. The Morgan fingerprint density at radius 2 is 2.22 bits per heavy atom. The van der Waals surface area contributed by atoms with Gasteiger partial charge in [-0.05, 0) is 47.3 Å². The zero-order valence-electron chi connectivity index (χ0n) is 9.48. The molecule has 0 spiro atoms. The quantitative estimate of drug-likeness (QED) is 0.597. The van der Waals surface area contributed by atoms with Gasteiger partial charge in [0.15, 0.2) is 5.11 Å². The topological polar surface area (TPSA) is 55.9 Å². The van der Waals surface area contributed by atoms with Gasteiger partial charge in [-0.2, -0.15) is 9.78 Å². The van der Waals surface area contributed by atoms with Gasteiger partial charge in [0.1, 0.15) is 5.82 Å². The molecule has 0 saturated heterocycles. The highest BCUT2D eigenvalue weighted by atomic mass is 127. The summed E-state index contributed by atoms with van der Waals surface area (Å²) in [4.78, 5) is 0. The van der Waals surface area contributed by atoms with Crippen LogP contribution in [-0.2, 0) is 6.42 Å². The highest BCUT2D eigenvalue weighted by Crippen LogP contribution is 2.34. The van der Waals surface area contributed by atoms with Gasteiger partial charge < -0.3 is 11.1 Å². The SMILES string of the molecule is NC(=S)n1nc(-c2ccccc2I)c2c1NCC2. The van der Waals surface area contributed by atoms with E-state index in [0.29, 0.717) is 0 Å². The Hall–Kier alpha value is -1.15. The van der Waals surface area contributed by atoms with Crippen molar-refractivity contribution >= 4 is 45.7 Å². The van der Waals surface area contributed by atoms with E-state index in [2.05, 4.69) is 45.1 Å². The first kappa shape index (κ1) is 11.9. The summed E-state index contributed by atoms with van der Waals surface area (Å²) in [6.45, 7) is 0.909. The standard InChI is InChI=1S/C12H11IN4S/c13-9-4-2-1-3-7(9)10-8-5-6-15-11(8)17(16-10)12(14)18/h1-4,15H,5-6H2,(H2,14,18). The van der Waals surface area contributed by atoms with Crippen LogP contribution < -0.4 is 11.1 Å². The van der Waals surface area contributed by atoms with Crippen molar-refractivity contribution in [2.45, 2.75) is 6.42 Å². The molecule has 0 amide bonds. The molecule has 4 nitrogen and oxygen atoms in total. The van der Waals surface area contributed by atoms with Crippen molar-refractivity contribution in [1.82, 2.24) is 9.78 Å².